The van der Waals surface area contributed by atoms with E-state index in [4.69, 9.17) is 5.11 Å². The zero-order valence-corrected chi connectivity index (χ0v) is 12.0. The summed E-state index contributed by atoms with van der Waals surface area (Å²) in [5.41, 5.74) is 0.433. The minimum absolute atomic E-state index is 0.165. The molecule has 0 fully saturated rings. The van der Waals surface area contributed by atoms with E-state index in [1.807, 2.05) is 0 Å². The third-order valence-electron chi connectivity index (χ3n) is 2.82. The quantitative estimate of drug-likeness (QED) is 0.874. The van der Waals surface area contributed by atoms with E-state index in [1.165, 1.54) is 12.1 Å². The van der Waals surface area contributed by atoms with E-state index >= 15 is 0 Å². The summed E-state index contributed by atoms with van der Waals surface area (Å²) < 4.78 is 40.3. The predicted octanol–water partition coefficient (Wildman–Crippen LogP) is 2.86. The number of aromatic nitrogens is 1. The molecule has 2 N–H and O–H groups in total. The summed E-state index contributed by atoms with van der Waals surface area (Å²) in [6.45, 7) is 0. The lowest BCUT2D eigenvalue weighted by Crippen LogP contribution is -2.18. The van der Waals surface area contributed by atoms with E-state index in [1.54, 1.807) is 12.1 Å². The Morgan fingerprint density at radius 1 is 1.21 bits per heavy atom. The number of nitrogens with zero attached hydrogens (tertiary/aromatic N) is 1. The fourth-order valence-corrected chi connectivity index (χ4v) is 1.89. The number of pyridine rings is 1. The summed E-state index contributed by atoms with van der Waals surface area (Å²) in [4.78, 5) is 26.5. The Kier molecular flexibility index (Phi) is 5.02. The first kappa shape index (κ1) is 17.3. The molecule has 9 heteroatoms. The van der Waals surface area contributed by atoms with Crippen molar-refractivity contribution in [1.29, 1.82) is 0 Å². The Hall–Kier alpha value is -3.10. The lowest BCUT2D eigenvalue weighted by Gasteiger charge is -2.11. The normalized spacial score (nSPS) is 11.0. The van der Waals surface area contributed by atoms with Gasteiger partial charge in [-0.05, 0) is 17.7 Å². The highest BCUT2D eigenvalue weighted by Crippen LogP contribution is 2.23. The number of para-hydroxylation sites is 1. The molecule has 0 aliphatic heterocycles. The monoisotopic (exact) mass is 340 g/mol. The van der Waals surface area contributed by atoms with Gasteiger partial charge in [-0.1, -0.05) is 18.2 Å². The van der Waals surface area contributed by atoms with Gasteiger partial charge in [0.05, 0.1) is 18.2 Å². The number of hydrogen-bond donors (Lipinski definition) is 2. The number of anilines is 1. The van der Waals surface area contributed by atoms with Gasteiger partial charge in [0.25, 0.3) is 5.91 Å². The average Bonchev–Trinajstić information content (AvgIpc) is 2.47. The molecule has 1 aromatic carbocycles. The van der Waals surface area contributed by atoms with Crippen LogP contribution in [0.5, 0.6) is 5.75 Å². The van der Waals surface area contributed by atoms with Gasteiger partial charge in [0.1, 0.15) is 5.75 Å². The number of nitrogens with one attached hydrogen (secondary N) is 1. The number of alkyl halides is 3. The summed E-state index contributed by atoms with van der Waals surface area (Å²) >= 11 is 0. The van der Waals surface area contributed by atoms with Crippen molar-refractivity contribution in [3.63, 3.8) is 0 Å². The lowest BCUT2D eigenvalue weighted by atomic mass is 10.1. The minimum atomic E-state index is -4.90. The number of hydrogen-bond acceptors (Lipinski definition) is 4. The zero-order chi connectivity index (χ0) is 17.7. The average molecular weight is 340 g/mol. The van der Waals surface area contributed by atoms with Crippen LogP contribution in [0.3, 0.4) is 0 Å². The van der Waals surface area contributed by atoms with E-state index < -0.39 is 24.0 Å². The zero-order valence-electron chi connectivity index (χ0n) is 12.0. The van der Waals surface area contributed by atoms with Crippen molar-refractivity contribution in [3.05, 3.63) is 53.9 Å². The molecule has 6 nitrogen and oxygen atoms in total. The third kappa shape index (κ3) is 4.97. The molecule has 1 heterocycles. The number of benzene rings is 1. The van der Waals surface area contributed by atoms with Crippen molar-refractivity contribution in [2.24, 2.45) is 0 Å². The molecule has 0 spiro atoms. The van der Waals surface area contributed by atoms with Crippen molar-refractivity contribution >= 4 is 17.6 Å². The van der Waals surface area contributed by atoms with E-state index in [9.17, 15) is 22.8 Å². The number of carbonyl (C=O) groups excluding carboxylic acids is 1. The SMILES string of the molecule is O=C(O)Cc1ccccc1NC(=O)c1cncc(OC(F)(F)F)c1. The Labute approximate surface area is 133 Å². The molecule has 0 unspecified atom stereocenters. The Bertz CT molecular complexity index is 762. The number of rotatable bonds is 5. The van der Waals surface area contributed by atoms with Gasteiger partial charge >= 0.3 is 12.3 Å². The molecule has 2 aromatic rings. The van der Waals surface area contributed by atoms with Crippen LogP contribution in [0.1, 0.15) is 15.9 Å². The maximum Gasteiger partial charge on any atom is 0.573 e. The van der Waals surface area contributed by atoms with Gasteiger partial charge in [-0.2, -0.15) is 0 Å². The molecule has 24 heavy (non-hydrogen) atoms. The second kappa shape index (κ2) is 6.99. The standard InChI is InChI=1S/C15H11F3N2O4/c16-15(17,18)24-11-5-10(7-19-8-11)14(23)20-12-4-2-1-3-9(12)6-13(21)22/h1-5,7-8H,6H2,(H,20,23)(H,21,22). The summed E-state index contributed by atoms with van der Waals surface area (Å²) in [6.07, 6.45) is -3.32. The number of ether oxygens (including phenoxy) is 1. The number of amides is 1. The number of carbonyl (C=O) groups is 2. The molecule has 126 valence electrons. The smallest absolute Gasteiger partial charge is 0.481 e. The molecule has 0 atom stereocenters. The van der Waals surface area contributed by atoms with Crippen molar-refractivity contribution in [2.75, 3.05) is 5.32 Å². The lowest BCUT2D eigenvalue weighted by molar-refractivity contribution is -0.274. The van der Waals surface area contributed by atoms with Crippen molar-refractivity contribution in [2.45, 2.75) is 12.8 Å². The van der Waals surface area contributed by atoms with Crippen LogP contribution >= 0.6 is 0 Å². The molecule has 0 bridgehead atoms. The molecule has 1 amide bonds. The first-order valence-electron chi connectivity index (χ1n) is 6.56. The van der Waals surface area contributed by atoms with Gasteiger partial charge in [0, 0.05) is 11.9 Å². The molecular weight excluding hydrogens is 329 g/mol. The van der Waals surface area contributed by atoms with Crippen LogP contribution in [0.15, 0.2) is 42.7 Å². The van der Waals surface area contributed by atoms with E-state index in [0.717, 1.165) is 18.5 Å². The van der Waals surface area contributed by atoms with Crippen molar-refractivity contribution in [1.82, 2.24) is 4.98 Å². The molecule has 0 aliphatic rings. The van der Waals surface area contributed by atoms with Crippen LogP contribution in [-0.4, -0.2) is 28.3 Å². The highest BCUT2D eigenvalue weighted by molar-refractivity contribution is 6.04. The van der Waals surface area contributed by atoms with Crippen LogP contribution in [0.4, 0.5) is 18.9 Å². The van der Waals surface area contributed by atoms with Gasteiger partial charge in [-0.25, -0.2) is 0 Å². The summed E-state index contributed by atoms with van der Waals surface area (Å²) in [7, 11) is 0. The van der Waals surface area contributed by atoms with E-state index in [2.05, 4.69) is 15.0 Å². The van der Waals surface area contributed by atoms with Crippen molar-refractivity contribution < 1.29 is 32.6 Å². The largest absolute Gasteiger partial charge is 0.573 e. The second-order valence-electron chi connectivity index (χ2n) is 4.64. The minimum Gasteiger partial charge on any atom is -0.481 e. The fraction of sp³-hybridized carbons (Fsp3) is 0.133. The van der Waals surface area contributed by atoms with Crippen molar-refractivity contribution in [3.8, 4) is 5.75 Å². The van der Waals surface area contributed by atoms with Crippen LogP contribution in [0, 0.1) is 0 Å². The van der Waals surface area contributed by atoms with Gasteiger partial charge in [0.2, 0.25) is 0 Å². The van der Waals surface area contributed by atoms with Crippen LogP contribution in [0.25, 0.3) is 0 Å². The molecule has 0 aliphatic carbocycles. The summed E-state index contributed by atoms with van der Waals surface area (Å²) in [5.74, 6) is -2.46. The Morgan fingerprint density at radius 2 is 1.92 bits per heavy atom. The second-order valence-corrected chi connectivity index (χ2v) is 4.64. The van der Waals surface area contributed by atoms with E-state index in [-0.39, 0.29) is 17.7 Å². The van der Waals surface area contributed by atoms with Crippen LogP contribution in [0.2, 0.25) is 0 Å². The molecule has 0 saturated carbocycles. The van der Waals surface area contributed by atoms with Crippen LogP contribution in [-0.2, 0) is 11.2 Å². The molecule has 0 radical (unpaired) electrons. The maximum absolute atomic E-state index is 12.2. The molecule has 1 aromatic heterocycles. The number of aliphatic carboxylic acids is 1. The number of carboxylic acid groups (broad SMARTS) is 1. The van der Waals surface area contributed by atoms with Gasteiger partial charge < -0.3 is 15.2 Å². The molecular formula is C15H11F3N2O4. The van der Waals surface area contributed by atoms with Gasteiger partial charge in [0.15, 0.2) is 0 Å². The van der Waals surface area contributed by atoms with Gasteiger partial charge in [-0.15, -0.1) is 13.2 Å². The topological polar surface area (TPSA) is 88.5 Å². The summed E-state index contributed by atoms with van der Waals surface area (Å²) in [6, 6.07) is 7.08. The first-order valence-corrected chi connectivity index (χ1v) is 6.56. The Morgan fingerprint density at radius 3 is 2.58 bits per heavy atom. The predicted molar refractivity (Wildman–Crippen MR) is 76.7 cm³/mol. The highest BCUT2D eigenvalue weighted by Gasteiger charge is 2.31. The van der Waals surface area contributed by atoms with E-state index in [0.29, 0.717) is 5.56 Å². The first-order chi connectivity index (χ1) is 11.2. The molecule has 0 saturated heterocycles. The maximum atomic E-state index is 12.2. The molecule has 2 rings (SSSR count). The Balaban J connectivity index is 2.19. The third-order valence-corrected chi connectivity index (χ3v) is 2.82. The van der Waals surface area contributed by atoms with Gasteiger partial charge in [-0.3, -0.25) is 14.6 Å². The fourth-order valence-electron chi connectivity index (χ4n) is 1.89. The highest BCUT2D eigenvalue weighted by atomic mass is 19.4. The number of halogens is 3. The number of carboxylic acids is 1. The summed E-state index contributed by atoms with van der Waals surface area (Å²) in [5, 5.41) is 11.3. The van der Waals surface area contributed by atoms with Crippen LogP contribution < -0.4 is 10.1 Å².